The fraction of sp³-hybridized carbons (Fsp3) is 0.312. The number of amides is 1. The molecule has 2 bridgehead atoms. The van der Waals surface area contributed by atoms with E-state index in [1.165, 1.54) is 24.3 Å². The molecule has 2 aliphatic rings. The summed E-state index contributed by atoms with van der Waals surface area (Å²) in [6.45, 7) is 0. The molecule has 6 heteroatoms. The molecule has 0 aromatic heterocycles. The van der Waals surface area contributed by atoms with Gasteiger partial charge in [-0.2, -0.15) is 0 Å². The van der Waals surface area contributed by atoms with E-state index in [1.54, 1.807) is 0 Å². The van der Waals surface area contributed by atoms with Gasteiger partial charge in [-0.25, -0.2) is 4.79 Å². The summed E-state index contributed by atoms with van der Waals surface area (Å²) in [5.74, 6) is -3.69. The van der Waals surface area contributed by atoms with Crippen LogP contribution in [0.2, 0.25) is 0 Å². The normalized spacial score (nSPS) is 28.5. The van der Waals surface area contributed by atoms with Crippen LogP contribution in [-0.4, -0.2) is 28.1 Å². The summed E-state index contributed by atoms with van der Waals surface area (Å²) in [4.78, 5) is 34.6. The van der Waals surface area contributed by atoms with Crippen molar-refractivity contribution in [2.45, 2.75) is 6.42 Å². The minimum absolute atomic E-state index is 0.0376. The van der Waals surface area contributed by atoms with Gasteiger partial charge in [-0.3, -0.25) is 9.59 Å². The predicted molar refractivity (Wildman–Crippen MR) is 77.4 cm³/mol. The van der Waals surface area contributed by atoms with E-state index in [-0.39, 0.29) is 23.3 Å². The second-order valence-electron chi connectivity index (χ2n) is 5.71. The Bertz CT molecular complexity index is 664. The maximum absolute atomic E-state index is 12.4. The third kappa shape index (κ3) is 2.36. The summed E-state index contributed by atoms with van der Waals surface area (Å²) in [6, 6.07) is 5.79. The summed E-state index contributed by atoms with van der Waals surface area (Å²) in [6.07, 6.45) is 4.50. The zero-order valence-corrected chi connectivity index (χ0v) is 11.6. The average Bonchev–Trinajstić information content (AvgIpc) is 3.08. The first-order valence-corrected chi connectivity index (χ1v) is 7.02. The second kappa shape index (κ2) is 5.29. The molecule has 2 aliphatic carbocycles. The molecule has 3 rings (SSSR count). The van der Waals surface area contributed by atoms with E-state index >= 15 is 0 Å². The molecule has 3 N–H and O–H groups in total. The van der Waals surface area contributed by atoms with Crippen LogP contribution in [0.15, 0.2) is 36.4 Å². The fourth-order valence-corrected chi connectivity index (χ4v) is 3.44. The molecule has 1 saturated carbocycles. The van der Waals surface area contributed by atoms with Gasteiger partial charge in [0.25, 0.3) is 0 Å². The largest absolute Gasteiger partial charge is 0.481 e. The van der Waals surface area contributed by atoms with Crippen molar-refractivity contribution in [3.63, 3.8) is 0 Å². The Kier molecular flexibility index (Phi) is 3.44. The first-order chi connectivity index (χ1) is 10.5. The Morgan fingerprint density at radius 3 is 2.09 bits per heavy atom. The summed E-state index contributed by atoms with van der Waals surface area (Å²) in [5, 5.41) is 20.9. The summed E-state index contributed by atoms with van der Waals surface area (Å²) >= 11 is 0. The minimum atomic E-state index is -1.04. The van der Waals surface area contributed by atoms with Crippen LogP contribution in [0.4, 0.5) is 5.69 Å². The Morgan fingerprint density at radius 1 is 0.955 bits per heavy atom. The van der Waals surface area contributed by atoms with Crippen molar-refractivity contribution < 1.29 is 24.6 Å². The maximum atomic E-state index is 12.4. The van der Waals surface area contributed by atoms with Gasteiger partial charge in [-0.05, 0) is 42.5 Å². The van der Waals surface area contributed by atoms with Gasteiger partial charge in [0.15, 0.2) is 0 Å². The van der Waals surface area contributed by atoms with Crippen LogP contribution in [-0.2, 0) is 9.59 Å². The fourth-order valence-electron chi connectivity index (χ4n) is 3.44. The highest BCUT2D eigenvalue weighted by molar-refractivity contribution is 5.97. The lowest BCUT2D eigenvalue weighted by atomic mass is 9.82. The van der Waals surface area contributed by atoms with E-state index in [1.807, 2.05) is 12.2 Å². The molecule has 0 saturated heterocycles. The molecular weight excluding hydrogens is 286 g/mol. The molecule has 6 nitrogen and oxygen atoms in total. The van der Waals surface area contributed by atoms with Crippen LogP contribution < -0.4 is 5.32 Å². The highest BCUT2D eigenvalue weighted by Gasteiger charge is 2.51. The highest BCUT2D eigenvalue weighted by atomic mass is 16.4. The zero-order valence-electron chi connectivity index (χ0n) is 11.6. The number of allylic oxidation sites excluding steroid dienone is 2. The molecule has 0 heterocycles. The number of carbonyl (C=O) groups is 3. The smallest absolute Gasteiger partial charge is 0.335 e. The lowest BCUT2D eigenvalue weighted by Crippen LogP contribution is -2.36. The van der Waals surface area contributed by atoms with Crippen LogP contribution in [0.1, 0.15) is 16.8 Å². The number of carboxylic acid groups (broad SMARTS) is 2. The van der Waals surface area contributed by atoms with Gasteiger partial charge in [0.2, 0.25) is 5.91 Å². The molecule has 114 valence electrons. The Balaban J connectivity index is 1.75. The van der Waals surface area contributed by atoms with Crippen LogP contribution in [0.25, 0.3) is 0 Å². The molecule has 0 radical (unpaired) electrons. The van der Waals surface area contributed by atoms with Crippen molar-refractivity contribution >= 4 is 23.5 Å². The summed E-state index contributed by atoms with van der Waals surface area (Å²) in [7, 11) is 0. The van der Waals surface area contributed by atoms with Gasteiger partial charge in [0.05, 0.1) is 17.4 Å². The molecule has 0 aliphatic heterocycles. The minimum Gasteiger partial charge on any atom is -0.481 e. The quantitative estimate of drug-likeness (QED) is 0.736. The van der Waals surface area contributed by atoms with Gasteiger partial charge in [0, 0.05) is 5.69 Å². The van der Waals surface area contributed by atoms with E-state index < -0.39 is 23.8 Å². The third-order valence-electron chi connectivity index (χ3n) is 4.45. The number of nitrogens with one attached hydrogen (secondary N) is 1. The van der Waals surface area contributed by atoms with Gasteiger partial charge in [-0.15, -0.1) is 0 Å². The molecule has 1 aromatic carbocycles. The van der Waals surface area contributed by atoms with Crippen molar-refractivity contribution in [1.29, 1.82) is 0 Å². The summed E-state index contributed by atoms with van der Waals surface area (Å²) < 4.78 is 0. The SMILES string of the molecule is O=C(O)c1ccc(NC(=O)C2C3C=CC(C3)C2C(=O)O)cc1. The summed E-state index contributed by atoms with van der Waals surface area (Å²) in [5.41, 5.74) is 0.593. The molecular formula is C16H15NO5. The first-order valence-electron chi connectivity index (χ1n) is 7.02. The van der Waals surface area contributed by atoms with E-state index in [2.05, 4.69) is 5.32 Å². The number of carbonyl (C=O) groups excluding carboxylic acids is 1. The number of rotatable bonds is 4. The Morgan fingerprint density at radius 2 is 1.55 bits per heavy atom. The van der Waals surface area contributed by atoms with Crippen LogP contribution in [0, 0.1) is 23.7 Å². The topological polar surface area (TPSA) is 104 Å². The second-order valence-corrected chi connectivity index (χ2v) is 5.71. The van der Waals surface area contributed by atoms with Crippen molar-refractivity contribution in [2.24, 2.45) is 23.7 Å². The number of anilines is 1. The Labute approximate surface area is 126 Å². The number of benzene rings is 1. The number of hydrogen-bond acceptors (Lipinski definition) is 3. The van der Waals surface area contributed by atoms with Gasteiger partial charge in [0.1, 0.15) is 0 Å². The van der Waals surface area contributed by atoms with Gasteiger partial charge >= 0.3 is 11.9 Å². The van der Waals surface area contributed by atoms with E-state index in [0.717, 1.165) is 0 Å². The van der Waals surface area contributed by atoms with E-state index in [0.29, 0.717) is 12.1 Å². The van der Waals surface area contributed by atoms with E-state index in [9.17, 15) is 19.5 Å². The predicted octanol–water partition coefficient (Wildman–Crippen LogP) is 1.85. The van der Waals surface area contributed by atoms with Crippen LogP contribution in [0.5, 0.6) is 0 Å². The molecule has 4 atom stereocenters. The number of hydrogen-bond donors (Lipinski definition) is 3. The van der Waals surface area contributed by atoms with Crippen LogP contribution in [0.3, 0.4) is 0 Å². The number of carboxylic acids is 2. The molecule has 22 heavy (non-hydrogen) atoms. The molecule has 1 aromatic rings. The van der Waals surface area contributed by atoms with Gasteiger partial charge in [-0.1, -0.05) is 12.2 Å². The highest BCUT2D eigenvalue weighted by Crippen LogP contribution is 2.48. The molecule has 1 fully saturated rings. The number of fused-ring (bicyclic) bond motifs is 2. The monoisotopic (exact) mass is 301 g/mol. The number of aromatic carboxylic acids is 1. The zero-order chi connectivity index (χ0) is 15.9. The van der Waals surface area contributed by atoms with E-state index in [4.69, 9.17) is 5.11 Å². The van der Waals surface area contributed by atoms with Crippen molar-refractivity contribution in [1.82, 2.24) is 0 Å². The lowest BCUT2D eigenvalue weighted by Gasteiger charge is -2.23. The number of aliphatic carboxylic acids is 1. The molecule has 0 spiro atoms. The standard InChI is InChI=1S/C16H15NO5/c18-14(17-11-5-3-8(4-6-11)15(19)20)12-9-1-2-10(7-9)13(12)16(21)22/h1-6,9-10,12-13H,7H2,(H,17,18)(H,19,20)(H,21,22). The first kappa shape index (κ1) is 14.3. The van der Waals surface area contributed by atoms with Crippen LogP contribution >= 0.6 is 0 Å². The average molecular weight is 301 g/mol. The maximum Gasteiger partial charge on any atom is 0.335 e. The van der Waals surface area contributed by atoms with Crippen molar-refractivity contribution in [2.75, 3.05) is 5.32 Å². The van der Waals surface area contributed by atoms with Crippen molar-refractivity contribution in [3.05, 3.63) is 42.0 Å². The van der Waals surface area contributed by atoms with Crippen molar-refractivity contribution in [3.8, 4) is 0 Å². The third-order valence-corrected chi connectivity index (χ3v) is 4.45. The van der Waals surface area contributed by atoms with Gasteiger partial charge < -0.3 is 15.5 Å². The lowest BCUT2D eigenvalue weighted by molar-refractivity contribution is -0.146. The Hall–Kier alpha value is -2.63. The molecule has 1 amide bonds. The molecule has 4 unspecified atom stereocenters.